The summed E-state index contributed by atoms with van der Waals surface area (Å²) >= 11 is 0. The van der Waals surface area contributed by atoms with E-state index in [0.29, 0.717) is 26.2 Å². The van der Waals surface area contributed by atoms with Crippen molar-refractivity contribution < 1.29 is 23.1 Å². The number of nitrogens with zero attached hydrogens (tertiary/aromatic N) is 2. The van der Waals surface area contributed by atoms with Crippen molar-refractivity contribution in [2.45, 2.75) is 47.1 Å². The number of hydrogen-bond donors (Lipinski definition) is 1. The van der Waals surface area contributed by atoms with Gasteiger partial charge < -0.3 is 19.9 Å². The first-order valence-corrected chi connectivity index (χ1v) is 9.83. The van der Waals surface area contributed by atoms with E-state index in [1.54, 1.807) is 9.80 Å². The molecule has 3 amide bonds. The minimum Gasteiger partial charge on any atom is -0.444 e. The molecule has 8 heteroatoms. The Morgan fingerprint density at radius 3 is 2.38 bits per heavy atom. The van der Waals surface area contributed by atoms with Crippen LogP contribution in [-0.4, -0.2) is 53.7 Å². The Hall–Kier alpha value is -2.38. The van der Waals surface area contributed by atoms with Gasteiger partial charge in [-0.2, -0.15) is 0 Å². The van der Waals surface area contributed by atoms with Gasteiger partial charge in [0.2, 0.25) is 0 Å². The van der Waals surface area contributed by atoms with E-state index >= 15 is 0 Å². The molecule has 2 unspecified atom stereocenters. The molecule has 0 aromatic heterocycles. The summed E-state index contributed by atoms with van der Waals surface area (Å²) in [5, 5.41) is 2.55. The largest absolute Gasteiger partial charge is 0.444 e. The van der Waals surface area contributed by atoms with Crippen LogP contribution in [0.25, 0.3) is 0 Å². The van der Waals surface area contributed by atoms with Crippen molar-refractivity contribution in [3.05, 3.63) is 29.8 Å². The third-order valence-electron chi connectivity index (χ3n) is 5.22. The Kier molecular flexibility index (Phi) is 6.75. The number of carbonyl (C=O) groups is 2. The highest BCUT2D eigenvalue weighted by Crippen LogP contribution is 2.37. The van der Waals surface area contributed by atoms with E-state index in [2.05, 4.69) is 5.32 Å². The molecule has 1 aliphatic rings. The second kappa shape index (κ2) is 8.55. The number of rotatable bonds is 4. The van der Waals surface area contributed by atoms with Gasteiger partial charge in [-0.3, -0.25) is 0 Å². The molecule has 1 heterocycles. The number of ether oxygens (including phenoxy) is 1. The first kappa shape index (κ1) is 22.9. The van der Waals surface area contributed by atoms with Gasteiger partial charge in [0.05, 0.1) is 0 Å². The van der Waals surface area contributed by atoms with E-state index in [1.165, 1.54) is 0 Å². The van der Waals surface area contributed by atoms with Crippen molar-refractivity contribution in [2.75, 3.05) is 31.5 Å². The Morgan fingerprint density at radius 2 is 1.86 bits per heavy atom. The highest BCUT2D eigenvalue weighted by Gasteiger charge is 2.44. The van der Waals surface area contributed by atoms with Crippen molar-refractivity contribution in [3.63, 3.8) is 0 Å². The van der Waals surface area contributed by atoms with Crippen LogP contribution in [0.2, 0.25) is 0 Å². The molecule has 1 N–H and O–H groups in total. The molecule has 1 fully saturated rings. The molecule has 0 bridgehead atoms. The fourth-order valence-electron chi connectivity index (χ4n) is 3.47. The van der Waals surface area contributed by atoms with E-state index in [9.17, 15) is 18.4 Å². The predicted octanol–water partition coefficient (Wildman–Crippen LogP) is 4.71. The first-order valence-electron chi connectivity index (χ1n) is 9.83. The van der Waals surface area contributed by atoms with Crippen LogP contribution in [0.5, 0.6) is 0 Å². The normalized spacial score (nSPS) is 21.8. The summed E-state index contributed by atoms with van der Waals surface area (Å²) in [6, 6.07) is 2.44. The second-order valence-electron chi connectivity index (χ2n) is 9.02. The lowest BCUT2D eigenvalue weighted by Gasteiger charge is -2.34. The summed E-state index contributed by atoms with van der Waals surface area (Å²) in [4.78, 5) is 28.4. The zero-order valence-corrected chi connectivity index (χ0v) is 18.0. The van der Waals surface area contributed by atoms with Gasteiger partial charge in [0.25, 0.3) is 0 Å². The van der Waals surface area contributed by atoms with Crippen LogP contribution < -0.4 is 5.32 Å². The minimum atomic E-state index is -0.757. The molecule has 2 atom stereocenters. The van der Waals surface area contributed by atoms with E-state index < -0.39 is 23.3 Å². The summed E-state index contributed by atoms with van der Waals surface area (Å²) in [6.07, 6.45) is -0.365. The molecule has 29 heavy (non-hydrogen) atoms. The molecule has 1 aromatic rings. The maximum absolute atomic E-state index is 13.4. The Balaban J connectivity index is 2.06. The molecule has 2 rings (SSSR count). The molecule has 0 radical (unpaired) electrons. The van der Waals surface area contributed by atoms with Gasteiger partial charge in [-0.1, -0.05) is 13.8 Å². The predicted molar refractivity (Wildman–Crippen MR) is 108 cm³/mol. The Labute approximate surface area is 171 Å². The average molecular weight is 411 g/mol. The monoisotopic (exact) mass is 411 g/mol. The SMILES string of the molecule is CCN(CC1(C)CN(C(=O)OC(C)(C)C)CC1C)C(=O)Nc1cc(F)cc(F)c1. The van der Waals surface area contributed by atoms with Crippen molar-refractivity contribution in [1.82, 2.24) is 9.80 Å². The number of hydrogen-bond acceptors (Lipinski definition) is 3. The smallest absolute Gasteiger partial charge is 0.410 e. The van der Waals surface area contributed by atoms with Crippen molar-refractivity contribution in [2.24, 2.45) is 11.3 Å². The van der Waals surface area contributed by atoms with Gasteiger partial charge in [0.15, 0.2) is 0 Å². The molecule has 1 aliphatic heterocycles. The molecular formula is C21H31F2N3O3. The molecular weight excluding hydrogens is 380 g/mol. The van der Waals surface area contributed by atoms with Gasteiger partial charge in [0, 0.05) is 43.3 Å². The minimum absolute atomic E-state index is 0.0611. The maximum atomic E-state index is 13.4. The fraction of sp³-hybridized carbons (Fsp3) is 0.619. The topological polar surface area (TPSA) is 61.9 Å². The number of halogens is 2. The first-order chi connectivity index (χ1) is 13.3. The molecule has 0 aliphatic carbocycles. The van der Waals surface area contributed by atoms with Crippen molar-refractivity contribution in [1.29, 1.82) is 0 Å². The number of carbonyl (C=O) groups excluding carboxylic acids is 2. The summed E-state index contributed by atoms with van der Waals surface area (Å²) < 4.78 is 32.2. The summed E-state index contributed by atoms with van der Waals surface area (Å²) in [5.41, 5.74) is -0.849. The van der Waals surface area contributed by atoms with Crippen LogP contribution in [-0.2, 0) is 4.74 Å². The summed E-state index contributed by atoms with van der Waals surface area (Å²) in [7, 11) is 0. The van der Waals surface area contributed by atoms with Gasteiger partial charge in [-0.05, 0) is 45.7 Å². The number of urea groups is 1. The fourth-order valence-corrected chi connectivity index (χ4v) is 3.47. The van der Waals surface area contributed by atoms with E-state index in [-0.39, 0.29) is 23.1 Å². The zero-order valence-electron chi connectivity index (χ0n) is 18.0. The van der Waals surface area contributed by atoms with Crippen LogP contribution in [0.1, 0.15) is 41.5 Å². The number of anilines is 1. The van der Waals surface area contributed by atoms with Crippen LogP contribution in [0.4, 0.5) is 24.1 Å². The lowest BCUT2D eigenvalue weighted by molar-refractivity contribution is 0.0271. The Bertz CT molecular complexity index is 746. The summed E-state index contributed by atoms with van der Waals surface area (Å²) in [6.45, 7) is 13.2. The molecule has 1 aromatic carbocycles. The molecule has 6 nitrogen and oxygen atoms in total. The van der Waals surface area contributed by atoms with E-state index in [4.69, 9.17) is 4.74 Å². The van der Waals surface area contributed by atoms with Gasteiger partial charge in [-0.25, -0.2) is 18.4 Å². The summed E-state index contributed by atoms with van der Waals surface area (Å²) in [5.74, 6) is -1.37. The molecule has 0 saturated carbocycles. The lowest BCUT2D eigenvalue weighted by atomic mass is 9.80. The van der Waals surface area contributed by atoms with Gasteiger partial charge in [-0.15, -0.1) is 0 Å². The molecule has 1 saturated heterocycles. The van der Waals surface area contributed by atoms with Crippen LogP contribution in [0, 0.1) is 23.0 Å². The third-order valence-corrected chi connectivity index (χ3v) is 5.22. The van der Waals surface area contributed by atoms with E-state index in [0.717, 1.165) is 18.2 Å². The molecule has 162 valence electrons. The Morgan fingerprint density at radius 1 is 1.28 bits per heavy atom. The zero-order chi connectivity index (χ0) is 22.0. The standard InChI is InChI=1S/C21H31F2N3O3/c1-7-25(18(27)24-17-9-15(22)8-16(23)10-17)12-21(6)13-26(11-14(21)2)19(28)29-20(3,4)5/h8-10,14H,7,11-13H2,1-6H3,(H,24,27). The van der Waals surface area contributed by atoms with Gasteiger partial charge >= 0.3 is 12.1 Å². The van der Waals surface area contributed by atoms with E-state index in [1.807, 2.05) is 41.5 Å². The van der Waals surface area contributed by atoms with Crippen LogP contribution in [0.15, 0.2) is 18.2 Å². The van der Waals surface area contributed by atoms with Crippen LogP contribution >= 0.6 is 0 Å². The second-order valence-corrected chi connectivity index (χ2v) is 9.02. The molecule has 0 spiro atoms. The van der Waals surface area contributed by atoms with Crippen LogP contribution in [0.3, 0.4) is 0 Å². The highest BCUT2D eigenvalue weighted by molar-refractivity contribution is 5.89. The number of amides is 3. The highest BCUT2D eigenvalue weighted by atomic mass is 19.1. The third kappa shape index (κ3) is 6.05. The maximum Gasteiger partial charge on any atom is 0.410 e. The number of likely N-dealkylation sites (tertiary alicyclic amines) is 1. The number of nitrogens with one attached hydrogen (secondary N) is 1. The van der Waals surface area contributed by atoms with Crippen molar-refractivity contribution >= 4 is 17.8 Å². The number of benzene rings is 1. The lowest BCUT2D eigenvalue weighted by Crippen LogP contribution is -2.45. The average Bonchev–Trinajstić information content (AvgIpc) is 2.85. The van der Waals surface area contributed by atoms with Gasteiger partial charge in [0.1, 0.15) is 17.2 Å². The van der Waals surface area contributed by atoms with Crippen molar-refractivity contribution in [3.8, 4) is 0 Å². The quantitative estimate of drug-likeness (QED) is 0.780.